The molecule has 0 saturated carbocycles. The van der Waals surface area contributed by atoms with Crippen LogP contribution in [-0.2, 0) is 9.53 Å². The van der Waals surface area contributed by atoms with E-state index in [1.165, 1.54) is 37.9 Å². The molecule has 0 aromatic rings. The van der Waals surface area contributed by atoms with Crippen LogP contribution in [0.25, 0.3) is 0 Å². The first-order chi connectivity index (χ1) is 10.1. The fourth-order valence-electron chi connectivity index (χ4n) is 2.40. The second kappa shape index (κ2) is 13.3. The Kier molecular flexibility index (Phi) is 13.3. The first-order valence-corrected chi connectivity index (χ1v) is 8.22. The van der Waals surface area contributed by atoms with Crippen LogP contribution < -0.4 is 34.7 Å². The van der Waals surface area contributed by atoms with Gasteiger partial charge < -0.3 is 19.5 Å². The van der Waals surface area contributed by atoms with Crippen LogP contribution in [-0.4, -0.2) is 49.6 Å². The number of hydrogen-bond acceptors (Lipinski definition) is 5. The summed E-state index contributed by atoms with van der Waals surface area (Å²) in [5.41, 5.74) is 0. The van der Waals surface area contributed by atoms with Crippen molar-refractivity contribution in [2.45, 2.75) is 52.4 Å². The second-order valence-corrected chi connectivity index (χ2v) is 5.74. The van der Waals surface area contributed by atoms with Crippen molar-refractivity contribution in [3.63, 3.8) is 0 Å². The molecule has 6 heteroatoms. The summed E-state index contributed by atoms with van der Waals surface area (Å²) < 4.78 is 5.41. The van der Waals surface area contributed by atoms with E-state index in [4.69, 9.17) is 4.74 Å². The molecule has 0 bridgehead atoms. The fraction of sp³-hybridized carbons (Fsp3) is 0.875. The number of carboxylic acid groups (broad SMARTS) is 1. The average Bonchev–Trinajstić information content (AvgIpc) is 2.90. The van der Waals surface area contributed by atoms with Gasteiger partial charge in [0.15, 0.2) is 0 Å². The van der Waals surface area contributed by atoms with Gasteiger partial charge in [0.25, 0.3) is 0 Å². The van der Waals surface area contributed by atoms with Crippen molar-refractivity contribution in [3.05, 3.63) is 0 Å². The molecule has 1 heterocycles. The normalized spacial score (nSPS) is 15.4. The van der Waals surface area contributed by atoms with Gasteiger partial charge in [-0.05, 0) is 6.42 Å². The quantitative estimate of drug-likeness (QED) is 0.323. The van der Waals surface area contributed by atoms with Gasteiger partial charge in [-0.3, -0.25) is 4.99 Å². The molecule has 0 aliphatic carbocycles. The summed E-state index contributed by atoms with van der Waals surface area (Å²) in [5, 5.41) is 10.6. The smallest absolute Gasteiger partial charge is 0.550 e. The monoisotopic (exact) mass is 320 g/mol. The molecule has 0 amide bonds. The van der Waals surface area contributed by atoms with Crippen LogP contribution in [0.5, 0.6) is 0 Å². The zero-order valence-corrected chi connectivity index (χ0v) is 16.5. The molecule has 1 aliphatic heterocycles. The molecule has 0 aromatic heterocycles. The van der Waals surface area contributed by atoms with Crippen molar-refractivity contribution in [1.82, 2.24) is 4.90 Å². The molecule has 0 spiro atoms. The molecule has 0 aromatic carbocycles. The number of nitrogens with zero attached hydrogens (tertiary/aromatic N) is 2. The number of carbonyl (C=O) groups is 1. The molecule has 5 nitrogen and oxygen atoms in total. The average molecular weight is 320 g/mol. The summed E-state index contributed by atoms with van der Waals surface area (Å²) in [6, 6.07) is 0. The molecule has 1 aliphatic rings. The van der Waals surface area contributed by atoms with Crippen LogP contribution in [0.15, 0.2) is 4.99 Å². The number of amidine groups is 1. The molecule has 122 valence electrons. The van der Waals surface area contributed by atoms with Gasteiger partial charge >= 0.3 is 29.6 Å². The fourth-order valence-corrected chi connectivity index (χ4v) is 2.40. The SMILES string of the molecule is CCCCCCCC1=NCCN1CCOCC(C)C(=O)[O-].[Na+]. The van der Waals surface area contributed by atoms with Crippen molar-refractivity contribution in [3.8, 4) is 0 Å². The van der Waals surface area contributed by atoms with Gasteiger partial charge in [0.05, 0.1) is 25.6 Å². The van der Waals surface area contributed by atoms with Gasteiger partial charge in [0.1, 0.15) is 0 Å². The Morgan fingerprint density at radius 1 is 1.36 bits per heavy atom. The number of unbranched alkanes of at least 4 members (excludes halogenated alkanes) is 4. The maximum Gasteiger partial charge on any atom is 1.00 e. The van der Waals surface area contributed by atoms with Crippen LogP contribution >= 0.6 is 0 Å². The Hall–Kier alpha value is -0.100. The molecule has 1 rings (SSSR count). The summed E-state index contributed by atoms with van der Waals surface area (Å²) in [5.74, 6) is -0.399. The van der Waals surface area contributed by atoms with E-state index < -0.39 is 11.9 Å². The van der Waals surface area contributed by atoms with E-state index in [2.05, 4.69) is 16.8 Å². The summed E-state index contributed by atoms with van der Waals surface area (Å²) in [4.78, 5) is 17.4. The minimum atomic E-state index is -1.05. The Balaban J connectivity index is 0.00000441. The van der Waals surface area contributed by atoms with Crippen LogP contribution in [0.3, 0.4) is 0 Å². The number of aliphatic carboxylic acids is 1. The van der Waals surface area contributed by atoms with E-state index in [1.807, 2.05) is 0 Å². The zero-order valence-electron chi connectivity index (χ0n) is 14.5. The van der Waals surface area contributed by atoms with Crippen molar-refractivity contribution in [2.24, 2.45) is 10.9 Å². The van der Waals surface area contributed by atoms with Gasteiger partial charge in [0, 0.05) is 31.4 Å². The molecule has 0 radical (unpaired) electrons. The Morgan fingerprint density at radius 2 is 2.09 bits per heavy atom. The standard InChI is InChI=1S/C16H30N2O3.Na/c1-3-4-5-6-7-8-15-17-9-10-18(15)11-12-21-13-14(2)16(19)20;/h14H,3-13H2,1-2H3,(H,19,20);/q;+1/p-1. The predicted octanol–water partition coefficient (Wildman–Crippen LogP) is -1.53. The topological polar surface area (TPSA) is 65.0 Å². The minimum Gasteiger partial charge on any atom is -0.550 e. The maximum absolute atomic E-state index is 10.6. The van der Waals surface area contributed by atoms with E-state index in [1.54, 1.807) is 6.92 Å². The number of aliphatic imine (C=N–C) groups is 1. The number of ether oxygens (including phenoxy) is 1. The largest absolute Gasteiger partial charge is 1.00 e. The van der Waals surface area contributed by atoms with Crippen molar-refractivity contribution < 1.29 is 44.2 Å². The van der Waals surface area contributed by atoms with Gasteiger partial charge in [-0.25, -0.2) is 0 Å². The third-order valence-electron chi connectivity index (χ3n) is 3.81. The van der Waals surface area contributed by atoms with E-state index in [9.17, 15) is 9.90 Å². The first-order valence-electron chi connectivity index (χ1n) is 8.22. The Bertz CT molecular complexity index is 337. The Labute approximate surface area is 156 Å². The summed E-state index contributed by atoms with van der Waals surface area (Å²) >= 11 is 0. The number of carboxylic acids is 1. The molecule has 0 N–H and O–H groups in total. The predicted molar refractivity (Wildman–Crippen MR) is 82.2 cm³/mol. The van der Waals surface area contributed by atoms with E-state index in [-0.39, 0.29) is 36.2 Å². The third kappa shape index (κ3) is 9.13. The van der Waals surface area contributed by atoms with Crippen molar-refractivity contribution >= 4 is 11.8 Å². The van der Waals surface area contributed by atoms with Crippen molar-refractivity contribution in [2.75, 3.05) is 32.8 Å². The molecule has 22 heavy (non-hydrogen) atoms. The number of rotatable bonds is 12. The van der Waals surface area contributed by atoms with Crippen LogP contribution in [0.4, 0.5) is 0 Å². The van der Waals surface area contributed by atoms with Gasteiger partial charge in [-0.15, -0.1) is 0 Å². The second-order valence-electron chi connectivity index (χ2n) is 5.74. The summed E-state index contributed by atoms with van der Waals surface area (Å²) in [7, 11) is 0. The summed E-state index contributed by atoms with van der Waals surface area (Å²) in [6.07, 6.45) is 7.45. The van der Waals surface area contributed by atoms with E-state index in [0.29, 0.717) is 6.61 Å². The summed E-state index contributed by atoms with van der Waals surface area (Å²) in [6.45, 7) is 7.24. The first kappa shape index (κ1) is 21.9. The van der Waals surface area contributed by atoms with Crippen molar-refractivity contribution in [1.29, 1.82) is 0 Å². The van der Waals surface area contributed by atoms with Crippen LogP contribution in [0, 0.1) is 5.92 Å². The van der Waals surface area contributed by atoms with Gasteiger partial charge in [0.2, 0.25) is 0 Å². The molecule has 0 saturated heterocycles. The molecule has 1 atom stereocenters. The van der Waals surface area contributed by atoms with Gasteiger partial charge in [-0.2, -0.15) is 0 Å². The van der Waals surface area contributed by atoms with Crippen LogP contribution in [0.1, 0.15) is 52.4 Å². The number of hydrogen-bond donors (Lipinski definition) is 0. The minimum absolute atomic E-state index is 0. The molecular formula is C16H29N2NaO3. The molecule has 1 unspecified atom stereocenters. The van der Waals surface area contributed by atoms with Gasteiger partial charge in [-0.1, -0.05) is 39.5 Å². The molecular weight excluding hydrogens is 291 g/mol. The van der Waals surface area contributed by atoms with E-state index in [0.717, 1.165) is 26.1 Å². The maximum atomic E-state index is 10.6. The van der Waals surface area contributed by atoms with Crippen LogP contribution in [0.2, 0.25) is 0 Å². The zero-order chi connectivity index (χ0) is 15.5. The third-order valence-corrected chi connectivity index (χ3v) is 3.81. The van der Waals surface area contributed by atoms with E-state index >= 15 is 0 Å². The molecule has 0 fully saturated rings. The number of carbonyl (C=O) groups excluding carboxylic acids is 1. The Morgan fingerprint density at radius 3 is 2.77 bits per heavy atom.